The normalized spacial score (nSPS) is 16.3. The molecule has 1 N–H and O–H groups in total. The van der Waals surface area contributed by atoms with Crippen LogP contribution >= 0.6 is 0 Å². The lowest BCUT2D eigenvalue weighted by Crippen LogP contribution is -2.43. The minimum Gasteiger partial charge on any atom is -0.312 e. The highest BCUT2D eigenvalue weighted by Crippen LogP contribution is 2.11. The fraction of sp³-hybridized carbons (Fsp3) is 0.727. The van der Waals surface area contributed by atoms with E-state index in [1.165, 1.54) is 0 Å². The fourth-order valence-electron chi connectivity index (χ4n) is 1.77. The second-order valence-corrected chi connectivity index (χ2v) is 7.13. The maximum atomic E-state index is 11.8. The Morgan fingerprint density at radius 1 is 1.53 bits per heavy atom. The van der Waals surface area contributed by atoms with Crippen molar-refractivity contribution in [1.82, 2.24) is 20.3 Å². The van der Waals surface area contributed by atoms with E-state index in [0.717, 1.165) is 13.1 Å². The minimum atomic E-state index is -3.00. The number of Topliss-reactive ketones (excluding diaryl/α,β-unsaturated/α-hetero) is 1. The van der Waals surface area contributed by atoms with Gasteiger partial charge in [-0.3, -0.25) is 4.79 Å². The molecule has 2 heterocycles. The second kappa shape index (κ2) is 5.79. The number of nitrogens with zero attached hydrogens (tertiary/aromatic N) is 3. The molecule has 1 fully saturated rings. The molecule has 0 bridgehead atoms. The first-order chi connectivity index (χ1) is 9.02. The summed E-state index contributed by atoms with van der Waals surface area (Å²) in [6.07, 6.45) is 2.18. The van der Waals surface area contributed by atoms with Gasteiger partial charge in [0.25, 0.3) is 0 Å². The van der Waals surface area contributed by atoms with E-state index < -0.39 is 9.84 Å². The average molecular weight is 286 g/mol. The van der Waals surface area contributed by atoms with Crippen molar-refractivity contribution in [2.45, 2.75) is 25.8 Å². The Bertz CT molecular complexity index is 548. The molecular formula is C11H18N4O3S. The Morgan fingerprint density at radius 2 is 2.26 bits per heavy atom. The lowest BCUT2D eigenvalue weighted by atomic mass is 10.2. The quantitative estimate of drug-likeness (QED) is 0.699. The van der Waals surface area contributed by atoms with Gasteiger partial charge in [-0.15, -0.1) is 5.10 Å². The predicted molar refractivity (Wildman–Crippen MR) is 69.8 cm³/mol. The van der Waals surface area contributed by atoms with Crippen LogP contribution < -0.4 is 5.32 Å². The number of hydrogen-bond donors (Lipinski definition) is 1. The zero-order valence-electron chi connectivity index (χ0n) is 10.9. The van der Waals surface area contributed by atoms with Crippen molar-refractivity contribution in [3.8, 4) is 0 Å². The number of sulfone groups is 1. The molecule has 1 saturated heterocycles. The lowest BCUT2D eigenvalue weighted by molar-refractivity contribution is 0.0977. The first kappa shape index (κ1) is 14.1. The molecule has 8 heteroatoms. The molecule has 0 atom stereocenters. The first-order valence-corrected chi connectivity index (χ1v) is 8.20. The third kappa shape index (κ3) is 3.60. The van der Waals surface area contributed by atoms with Crippen molar-refractivity contribution < 1.29 is 13.2 Å². The van der Waals surface area contributed by atoms with Gasteiger partial charge in [0, 0.05) is 25.3 Å². The number of ketones is 1. The summed E-state index contributed by atoms with van der Waals surface area (Å²) in [6, 6.07) is 0.273. The highest BCUT2D eigenvalue weighted by molar-refractivity contribution is 7.91. The average Bonchev–Trinajstić information content (AvgIpc) is 2.76. The summed E-state index contributed by atoms with van der Waals surface area (Å²) in [4.78, 5) is 11.8. The van der Waals surface area contributed by atoms with Crippen LogP contribution in [0.3, 0.4) is 0 Å². The van der Waals surface area contributed by atoms with Crippen LogP contribution in [0.2, 0.25) is 0 Å². The van der Waals surface area contributed by atoms with E-state index in [1.54, 1.807) is 17.8 Å². The molecule has 0 unspecified atom stereocenters. The summed E-state index contributed by atoms with van der Waals surface area (Å²) in [5.41, 5.74) is 0.320. The number of rotatable bonds is 7. The minimum absolute atomic E-state index is 0.0515. The van der Waals surface area contributed by atoms with Crippen molar-refractivity contribution in [1.29, 1.82) is 0 Å². The van der Waals surface area contributed by atoms with Crippen LogP contribution in [0.5, 0.6) is 0 Å². The molecule has 2 rings (SSSR count). The van der Waals surface area contributed by atoms with E-state index in [-0.39, 0.29) is 29.8 Å². The molecule has 1 aliphatic rings. The van der Waals surface area contributed by atoms with Crippen molar-refractivity contribution in [3.05, 3.63) is 11.9 Å². The van der Waals surface area contributed by atoms with E-state index in [1.807, 2.05) is 0 Å². The van der Waals surface area contributed by atoms with E-state index in [4.69, 9.17) is 0 Å². The molecule has 0 aromatic carbocycles. The summed E-state index contributed by atoms with van der Waals surface area (Å²) in [6.45, 7) is 3.28. The van der Waals surface area contributed by atoms with Gasteiger partial charge in [-0.1, -0.05) is 12.1 Å². The van der Waals surface area contributed by atoms with Crippen LogP contribution in [0, 0.1) is 0 Å². The van der Waals surface area contributed by atoms with Crippen LogP contribution in [0.15, 0.2) is 6.20 Å². The second-order valence-electron chi connectivity index (χ2n) is 4.66. The SMILES string of the molecule is CCS(=O)(=O)CCCC(=O)c1cn(C2CNC2)nn1. The van der Waals surface area contributed by atoms with Crippen LogP contribution in [0.1, 0.15) is 36.3 Å². The molecule has 1 aromatic heterocycles. The third-order valence-corrected chi connectivity index (χ3v) is 5.02. The van der Waals surface area contributed by atoms with Crippen molar-refractivity contribution in [2.24, 2.45) is 0 Å². The molecule has 0 radical (unpaired) electrons. The molecule has 19 heavy (non-hydrogen) atoms. The lowest BCUT2D eigenvalue weighted by Gasteiger charge is -2.26. The third-order valence-electron chi connectivity index (χ3n) is 3.23. The summed E-state index contributed by atoms with van der Waals surface area (Å²) >= 11 is 0. The summed E-state index contributed by atoms with van der Waals surface area (Å²) < 4.78 is 24.3. The predicted octanol–water partition coefficient (Wildman–Crippen LogP) is -0.180. The summed E-state index contributed by atoms with van der Waals surface area (Å²) in [7, 11) is -3.00. The molecule has 1 aliphatic heterocycles. The highest BCUT2D eigenvalue weighted by atomic mass is 32.2. The number of carbonyl (C=O) groups excluding carboxylic acids is 1. The molecule has 106 valence electrons. The zero-order chi connectivity index (χ0) is 13.9. The monoisotopic (exact) mass is 286 g/mol. The molecule has 0 saturated carbocycles. The van der Waals surface area contributed by atoms with Gasteiger partial charge in [0.2, 0.25) is 0 Å². The highest BCUT2D eigenvalue weighted by Gasteiger charge is 2.21. The molecule has 7 nitrogen and oxygen atoms in total. The molecule has 1 aromatic rings. The van der Waals surface area contributed by atoms with Crippen LogP contribution in [-0.4, -0.2) is 53.8 Å². The van der Waals surface area contributed by atoms with Gasteiger partial charge >= 0.3 is 0 Å². The van der Waals surface area contributed by atoms with Crippen LogP contribution in [0.25, 0.3) is 0 Å². The van der Waals surface area contributed by atoms with Gasteiger partial charge in [0.15, 0.2) is 5.78 Å². The maximum absolute atomic E-state index is 11.8. The summed E-state index contributed by atoms with van der Waals surface area (Å²) in [5.74, 6) is 0.0203. The number of hydrogen-bond acceptors (Lipinski definition) is 6. The Kier molecular flexibility index (Phi) is 4.31. The van der Waals surface area contributed by atoms with Gasteiger partial charge < -0.3 is 5.32 Å². The number of aromatic nitrogens is 3. The topological polar surface area (TPSA) is 94.0 Å². The molecule has 0 spiro atoms. The smallest absolute Gasteiger partial charge is 0.184 e. The van der Waals surface area contributed by atoms with Crippen molar-refractivity contribution in [3.63, 3.8) is 0 Å². The van der Waals surface area contributed by atoms with Crippen LogP contribution in [0.4, 0.5) is 0 Å². The number of nitrogens with one attached hydrogen (secondary N) is 1. The van der Waals surface area contributed by atoms with E-state index in [9.17, 15) is 13.2 Å². The van der Waals surface area contributed by atoms with E-state index in [0.29, 0.717) is 12.1 Å². The maximum Gasteiger partial charge on any atom is 0.184 e. The van der Waals surface area contributed by atoms with Crippen molar-refractivity contribution >= 4 is 15.6 Å². The molecule has 0 amide bonds. The van der Waals surface area contributed by atoms with Gasteiger partial charge in [-0.2, -0.15) is 0 Å². The van der Waals surface area contributed by atoms with Gasteiger partial charge in [0.1, 0.15) is 15.5 Å². The van der Waals surface area contributed by atoms with Gasteiger partial charge in [-0.05, 0) is 6.42 Å². The molecular weight excluding hydrogens is 268 g/mol. The Balaban J connectivity index is 1.84. The Hall–Kier alpha value is -1.28. The standard InChI is InChI=1S/C11H18N4O3S/c1-2-19(17,18)5-3-4-11(16)10-8-15(14-13-10)9-6-12-7-9/h8-9,12H,2-7H2,1H3. The Morgan fingerprint density at radius 3 is 2.84 bits per heavy atom. The van der Waals surface area contributed by atoms with Crippen molar-refractivity contribution in [2.75, 3.05) is 24.6 Å². The first-order valence-electron chi connectivity index (χ1n) is 6.38. The number of carbonyl (C=O) groups is 1. The van der Waals surface area contributed by atoms with E-state index in [2.05, 4.69) is 15.6 Å². The van der Waals surface area contributed by atoms with Gasteiger partial charge in [0.05, 0.1) is 18.0 Å². The summed E-state index contributed by atoms with van der Waals surface area (Å²) in [5, 5.41) is 10.9. The molecule has 0 aliphatic carbocycles. The van der Waals surface area contributed by atoms with E-state index >= 15 is 0 Å². The van der Waals surface area contributed by atoms with Gasteiger partial charge in [-0.25, -0.2) is 13.1 Å². The fourth-order valence-corrected chi connectivity index (χ4v) is 2.64. The Labute approximate surface area is 112 Å². The zero-order valence-corrected chi connectivity index (χ0v) is 11.7. The van der Waals surface area contributed by atoms with Crippen LogP contribution in [-0.2, 0) is 9.84 Å². The largest absolute Gasteiger partial charge is 0.312 e.